The largest absolute Gasteiger partial charge is 0.481 e. The molecule has 0 radical (unpaired) electrons. The topological polar surface area (TPSA) is 49.3 Å². The van der Waals surface area contributed by atoms with E-state index in [9.17, 15) is 4.79 Å². The molecule has 0 aliphatic heterocycles. The van der Waals surface area contributed by atoms with Gasteiger partial charge in [0.15, 0.2) is 0 Å². The Bertz CT molecular complexity index is 442. The molecule has 1 aromatic carbocycles. The van der Waals surface area contributed by atoms with Crippen LogP contribution in [-0.2, 0) is 4.79 Å². The lowest BCUT2D eigenvalue weighted by Crippen LogP contribution is -2.21. The number of hydrogen-bond acceptors (Lipinski definition) is 2. The summed E-state index contributed by atoms with van der Waals surface area (Å²) in [5, 5.41) is 12.3. The van der Waals surface area contributed by atoms with E-state index >= 15 is 0 Å². The Labute approximate surface area is 102 Å². The molecule has 0 amide bonds. The predicted molar refractivity (Wildman–Crippen MR) is 66.9 cm³/mol. The van der Waals surface area contributed by atoms with Crippen LogP contribution in [0.2, 0.25) is 0 Å². The number of rotatable bonds is 4. The van der Waals surface area contributed by atoms with Crippen molar-refractivity contribution in [3.8, 4) is 0 Å². The first kappa shape index (κ1) is 12.1. The van der Waals surface area contributed by atoms with E-state index in [4.69, 9.17) is 5.11 Å². The molecule has 1 aromatic rings. The maximum atomic E-state index is 10.9. The maximum Gasteiger partial charge on any atom is 0.306 e. The minimum Gasteiger partial charge on any atom is -0.481 e. The van der Waals surface area contributed by atoms with Gasteiger partial charge in [-0.2, -0.15) is 0 Å². The standard InChI is InChI=1S/C14H19NO2/c1-8-4-5-9(2)10(6-8)13(15-3)11-7-12(11)14(16)17/h4-6,11-13,15H,7H2,1-3H3,(H,16,17). The summed E-state index contributed by atoms with van der Waals surface area (Å²) in [5.74, 6) is -0.606. The van der Waals surface area contributed by atoms with Gasteiger partial charge < -0.3 is 10.4 Å². The number of benzene rings is 1. The summed E-state index contributed by atoms with van der Waals surface area (Å²) in [4.78, 5) is 10.9. The van der Waals surface area contributed by atoms with Gasteiger partial charge in [0, 0.05) is 6.04 Å². The molecule has 2 rings (SSSR count). The maximum absolute atomic E-state index is 10.9. The molecule has 0 heterocycles. The van der Waals surface area contributed by atoms with E-state index in [1.807, 2.05) is 7.05 Å². The van der Waals surface area contributed by atoms with Gasteiger partial charge >= 0.3 is 5.97 Å². The van der Waals surface area contributed by atoms with Crippen LogP contribution in [0.3, 0.4) is 0 Å². The van der Waals surface area contributed by atoms with Crippen LogP contribution < -0.4 is 5.32 Å². The molecule has 3 atom stereocenters. The van der Waals surface area contributed by atoms with Gasteiger partial charge in [0.2, 0.25) is 0 Å². The first-order valence-electron chi connectivity index (χ1n) is 6.01. The zero-order chi connectivity index (χ0) is 12.6. The Morgan fingerprint density at radius 2 is 2.18 bits per heavy atom. The summed E-state index contributed by atoms with van der Waals surface area (Å²) in [7, 11) is 1.91. The molecular weight excluding hydrogens is 214 g/mol. The molecule has 0 bridgehead atoms. The molecule has 2 N–H and O–H groups in total. The van der Waals surface area contributed by atoms with Gasteiger partial charge in [-0.25, -0.2) is 0 Å². The Hall–Kier alpha value is -1.35. The highest BCUT2D eigenvalue weighted by Crippen LogP contribution is 2.48. The van der Waals surface area contributed by atoms with Gasteiger partial charge in [0.1, 0.15) is 0 Å². The normalized spacial score (nSPS) is 24.4. The average molecular weight is 233 g/mol. The quantitative estimate of drug-likeness (QED) is 0.838. The molecule has 3 unspecified atom stereocenters. The molecule has 0 saturated heterocycles. The molecule has 0 spiro atoms. The summed E-state index contributed by atoms with van der Waals surface area (Å²) in [6.45, 7) is 4.15. The van der Waals surface area contributed by atoms with Gasteiger partial charge in [0.05, 0.1) is 5.92 Å². The number of carboxylic acid groups (broad SMARTS) is 1. The minimum absolute atomic E-state index is 0.163. The van der Waals surface area contributed by atoms with E-state index in [-0.39, 0.29) is 17.9 Å². The Morgan fingerprint density at radius 3 is 2.71 bits per heavy atom. The van der Waals surface area contributed by atoms with Crippen LogP contribution in [0, 0.1) is 25.7 Å². The van der Waals surface area contributed by atoms with Crippen LogP contribution in [0.5, 0.6) is 0 Å². The van der Waals surface area contributed by atoms with Crippen LogP contribution >= 0.6 is 0 Å². The fourth-order valence-corrected chi connectivity index (χ4v) is 2.56. The first-order chi connectivity index (χ1) is 8.04. The summed E-state index contributed by atoms with van der Waals surface area (Å²) >= 11 is 0. The molecule has 3 heteroatoms. The Balaban J connectivity index is 2.24. The van der Waals surface area contributed by atoms with Crippen molar-refractivity contribution < 1.29 is 9.90 Å². The Morgan fingerprint density at radius 1 is 1.47 bits per heavy atom. The van der Waals surface area contributed by atoms with Crippen LogP contribution in [-0.4, -0.2) is 18.1 Å². The Kier molecular flexibility index (Phi) is 3.20. The molecule has 1 saturated carbocycles. The molecule has 17 heavy (non-hydrogen) atoms. The van der Waals surface area contributed by atoms with Crippen molar-refractivity contribution in [2.75, 3.05) is 7.05 Å². The third kappa shape index (κ3) is 2.34. The minimum atomic E-state index is -0.666. The molecule has 1 aliphatic carbocycles. The van der Waals surface area contributed by atoms with Gasteiger partial charge in [-0.05, 0) is 44.4 Å². The molecular formula is C14H19NO2. The van der Waals surface area contributed by atoms with Crippen LogP contribution in [0.4, 0.5) is 0 Å². The monoisotopic (exact) mass is 233 g/mol. The summed E-state index contributed by atoms with van der Waals surface area (Å²) in [6, 6.07) is 6.52. The summed E-state index contributed by atoms with van der Waals surface area (Å²) in [5.41, 5.74) is 3.69. The number of carboxylic acids is 1. The van der Waals surface area contributed by atoms with Crippen molar-refractivity contribution in [2.24, 2.45) is 11.8 Å². The highest BCUT2D eigenvalue weighted by Gasteiger charge is 2.48. The van der Waals surface area contributed by atoms with Crippen molar-refractivity contribution in [3.05, 3.63) is 34.9 Å². The SMILES string of the molecule is CNC(c1cc(C)ccc1C)C1CC1C(=O)O. The zero-order valence-electron chi connectivity index (χ0n) is 10.5. The van der Waals surface area contributed by atoms with Crippen LogP contribution in [0.1, 0.15) is 29.2 Å². The van der Waals surface area contributed by atoms with Gasteiger partial charge in [-0.15, -0.1) is 0 Å². The van der Waals surface area contributed by atoms with E-state index in [1.54, 1.807) is 0 Å². The van der Waals surface area contributed by atoms with Crippen molar-refractivity contribution >= 4 is 5.97 Å². The van der Waals surface area contributed by atoms with Crippen molar-refractivity contribution in [3.63, 3.8) is 0 Å². The first-order valence-corrected chi connectivity index (χ1v) is 6.01. The van der Waals surface area contributed by atoms with E-state index in [0.29, 0.717) is 0 Å². The highest BCUT2D eigenvalue weighted by molar-refractivity contribution is 5.73. The van der Waals surface area contributed by atoms with E-state index in [1.165, 1.54) is 16.7 Å². The van der Waals surface area contributed by atoms with E-state index < -0.39 is 5.97 Å². The number of aliphatic carboxylic acids is 1. The lowest BCUT2D eigenvalue weighted by molar-refractivity contribution is -0.138. The van der Waals surface area contributed by atoms with Gasteiger partial charge in [0.25, 0.3) is 0 Å². The van der Waals surface area contributed by atoms with Crippen molar-refractivity contribution in [2.45, 2.75) is 26.3 Å². The van der Waals surface area contributed by atoms with Crippen LogP contribution in [0.15, 0.2) is 18.2 Å². The number of nitrogens with one attached hydrogen (secondary N) is 1. The van der Waals surface area contributed by atoms with E-state index in [2.05, 4.69) is 37.4 Å². The second-order valence-corrected chi connectivity index (χ2v) is 4.97. The van der Waals surface area contributed by atoms with E-state index in [0.717, 1.165) is 6.42 Å². The zero-order valence-corrected chi connectivity index (χ0v) is 10.5. The highest BCUT2D eigenvalue weighted by atomic mass is 16.4. The smallest absolute Gasteiger partial charge is 0.306 e. The third-order valence-electron chi connectivity index (χ3n) is 3.67. The molecule has 92 valence electrons. The number of aryl methyl sites for hydroxylation is 2. The summed E-state index contributed by atoms with van der Waals surface area (Å²) in [6.07, 6.45) is 0.786. The second-order valence-electron chi connectivity index (χ2n) is 4.97. The second kappa shape index (κ2) is 4.49. The third-order valence-corrected chi connectivity index (χ3v) is 3.67. The molecule has 3 nitrogen and oxygen atoms in total. The lowest BCUT2D eigenvalue weighted by Gasteiger charge is -2.19. The lowest BCUT2D eigenvalue weighted by atomic mass is 9.95. The fraction of sp³-hybridized carbons (Fsp3) is 0.500. The molecule has 0 aromatic heterocycles. The molecule has 1 aliphatic rings. The van der Waals surface area contributed by atoms with Crippen molar-refractivity contribution in [1.29, 1.82) is 0 Å². The van der Waals surface area contributed by atoms with Crippen LogP contribution in [0.25, 0.3) is 0 Å². The molecule has 1 fully saturated rings. The average Bonchev–Trinajstić information content (AvgIpc) is 3.04. The predicted octanol–water partition coefficient (Wildman–Crippen LogP) is 2.28. The number of hydrogen-bond donors (Lipinski definition) is 2. The fourth-order valence-electron chi connectivity index (χ4n) is 2.56. The van der Waals surface area contributed by atoms with Crippen molar-refractivity contribution in [1.82, 2.24) is 5.32 Å². The summed E-state index contributed by atoms with van der Waals surface area (Å²) < 4.78 is 0. The van der Waals surface area contributed by atoms with Gasteiger partial charge in [-0.1, -0.05) is 23.8 Å². The van der Waals surface area contributed by atoms with Gasteiger partial charge in [-0.3, -0.25) is 4.79 Å². The number of carbonyl (C=O) groups is 1.